The van der Waals surface area contributed by atoms with Crippen molar-refractivity contribution in [1.29, 1.82) is 0 Å². The van der Waals surface area contributed by atoms with Crippen LogP contribution in [-0.2, 0) is 4.43 Å². The first-order valence-corrected chi connectivity index (χ1v) is 8.49. The van der Waals surface area contributed by atoms with Gasteiger partial charge in [0.2, 0.25) is 8.32 Å². The average molecular weight is 243 g/mol. The highest BCUT2D eigenvalue weighted by molar-refractivity contribution is 6.90. The van der Waals surface area contributed by atoms with Crippen LogP contribution >= 0.6 is 11.6 Å². The van der Waals surface area contributed by atoms with Crippen molar-refractivity contribution in [2.45, 2.75) is 20.4 Å². The minimum Gasteiger partial charge on any atom is -0.411 e. The van der Waals surface area contributed by atoms with Crippen LogP contribution in [0.5, 0.6) is 0 Å². The Bertz CT molecular complexity index is 289. The second-order valence-electron chi connectivity index (χ2n) is 4.44. The zero-order chi connectivity index (χ0) is 11.3. The zero-order valence-electron chi connectivity index (χ0n) is 9.66. The van der Waals surface area contributed by atoms with Crippen LogP contribution in [0.3, 0.4) is 0 Å². The van der Waals surface area contributed by atoms with Gasteiger partial charge in [0.1, 0.15) is 0 Å². The van der Waals surface area contributed by atoms with Crippen molar-refractivity contribution >= 4 is 25.1 Å². The van der Waals surface area contributed by atoms with Crippen LogP contribution in [0.1, 0.15) is 13.8 Å². The molecule has 0 aliphatic rings. The maximum atomic E-state index is 6.06. The van der Waals surface area contributed by atoms with E-state index in [1.54, 1.807) is 0 Å². The second-order valence-corrected chi connectivity index (χ2v) is 8.83. The predicted octanol–water partition coefficient (Wildman–Crippen LogP) is 2.92. The fourth-order valence-corrected chi connectivity index (χ4v) is 4.03. The zero-order valence-corrected chi connectivity index (χ0v) is 11.4. The van der Waals surface area contributed by atoms with Crippen LogP contribution in [0.25, 0.3) is 0 Å². The van der Waals surface area contributed by atoms with Crippen LogP contribution in [0, 0.1) is 5.92 Å². The summed E-state index contributed by atoms with van der Waals surface area (Å²) in [5.74, 6) is 0.559. The molecule has 1 aromatic rings. The molecule has 0 N–H and O–H groups in total. The highest BCUT2D eigenvalue weighted by atomic mass is 35.5. The number of benzene rings is 1. The third-order valence-corrected chi connectivity index (χ3v) is 6.77. The second kappa shape index (κ2) is 5.68. The maximum Gasteiger partial charge on any atom is 0.235 e. The number of alkyl halides is 1. The molecule has 3 heteroatoms. The van der Waals surface area contributed by atoms with Gasteiger partial charge >= 0.3 is 0 Å². The summed E-state index contributed by atoms with van der Waals surface area (Å²) in [6.45, 7) is 7.30. The quantitative estimate of drug-likeness (QED) is 0.570. The number of rotatable bonds is 5. The summed E-state index contributed by atoms with van der Waals surface area (Å²) in [4.78, 5) is 0. The molecule has 84 valence electrons. The summed E-state index contributed by atoms with van der Waals surface area (Å²) < 4.78 is 6.03. The summed E-state index contributed by atoms with van der Waals surface area (Å²) in [6.07, 6.45) is 0. The minimum absolute atomic E-state index is 0.559. The molecular weight excluding hydrogens is 224 g/mol. The minimum atomic E-state index is -1.90. The lowest BCUT2D eigenvalue weighted by atomic mass is 10.2. The topological polar surface area (TPSA) is 9.23 Å². The molecular formula is C12H19ClOSi. The molecule has 0 bridgehead atoms. The Morgan fingerprint density at radius 1 is 1.27 bits per heavy atom. The summed E-state index contributed by atoms with van der Waals surface area (Å²) in [7, 11) is -1.90. The Morgan fingerprint density at radius 3 is 2.33 bits per heavy atom. The van der Waals surface area contributed by atoms with E-state index in [2.05, 4.69) is 32.5 Å². The van der Waals surface area contributed by atoms with E-state index in [1.807, 2.05) is 18.2 Å². The van der Waals surface area contributed by atoms with Gasteiger partial charge in [-0.3, -0.25) is 0 Å². The van der Waals surface area contributed by atoms with Crippen molar-refractivity contribution in [3.63, 3.8) is 0 Å². The molecule has 0 fully saturated rings. The van der Waals surface area contributed by atoms with Crippen molar-refractivity contribution < 1.29 is 4.43 Å². The van der Waals surface area contributed by atoms with Gasteiger partial charge in [0.25, 0.3) is 0 Å². The van der Waals surface area contributed by atoms with E-state index in [-0.39, 0.29) is 0 Å². The molecule has 1 unspecified atom stereocenters. The summed E-state index contributed by atoms with van der Waals surface area (Å²) >= 11 is 6.06. The van der Waals surface area contributed by atoms with E-state index in [0.717, 1.165) is 6.61 Å². The Kier molecular flexibility index (Phi) is 4.83. The van der Waals surface area contributed by atoms with Gasteiger partial charge in [-0.25, -0.2) is 0 Å². The van der Waals surface area contributed by atoms with E-state index in [0.29, 0.717) is 11.4 Å². The maximum absolute atomic E-state index is 6.06. The molecule has 1 rings (SSSR count). The van der Waals surface area contributed by atoms with Crippen molar-refractivity contribution in [3.05, 3.63) is 30.3 Å². The molecule has 0 heterocycles. The summed E-state index contributed by atoms with van der Waals surface area (Å²) in [6, 6.07) is 10.4. The molecule has 0 radical (unpaired) electrons. The van der Waals surface area contributed by atoms with Gasteiger partial charge in [-0.05, 0) is 17.7 Å². The molecule has 1 nitrogen and oxygen atoms in total. The first kappa shape index (κ1) is 12.8. The van der Waals surface area contributed by atoms with Gasteiger partial charge in [-0.15, -0.1) is 11.6 Å². The third-order valence-electron chi connectivity index (χ3n) is 2.37. The normalized spacial score (nSPS) is 15.3. The third kappa shape index (κ3) is 3.63. The Hall–Kier alpha value is -0.313. The van der Waals surface area contributed by atoms with Crippen molar-refractivity contribution in [3.8, 4) is 0 Å². The molecule has 0 saturated heterocycles. The van der Waals surface area contributed by atoms with Crippen LogP contribution in [0.2, 0.25) is 6.55 Å². The first-order valence-electron chi connectivity index (χ1n) is 5.34. The molecule has 0 spiro atoms. The smallest absolute Gasteiger partial charge is 0.235 e. The highest BCUT2D eigenvalue weighted by Crippen LogP contribution is 2.10. The monoisotopic (exact) mass is 242 g/mol. The van der Waals surface area contributed by atoms with Crippen LogP contribution < -0.4 is 5.19 Å². The van der Waals surface area contributed by atoms with Crippen molar-refractivity contribution in [2.24, 2.45) is 5.92 Å². The van der Waals surface area contributed by atoms with Gasteiger partial charge in [-0.1, -0.05) is 44.2 Å². The molecule has 15 heavy (non-hydrogen) atoms. The Labute approximate surface area is 98.5 Å². The largest absolute Gasteiger partial charge is 0.411 e. The Balaban J connectivity index is 2.76. The van der Waals surface area contributed by atoms with Gasteiger partial charge in [0.05, 0.1) is 0 Å². The fraction of sp³-hybridized carbons (Fsp3) is 0.500. The lowest BCUT2D eigenvalue weighted by Gasteiger charge is -2.26. The molecule has 0 saturated carbocycles. The fourth-order valence-electron chi connectivity index (χ4n) is 1.34. The van der Waals surface area contributed by atoms with Crippen molar-refractivity contribution in [1.82, 2.24) is 0 Å². The van der Waals surface area contributed by atoms with Crippen LogP contribution in [-0.4, -0.2) is 20.4 Å². The van der Waals surface area contributed by atoms with Gasteiger partial charge in [0.15, 0.2) is 0 Å². The van der Waals surface area contributed by atoms with E-state index in [1.165, 1.54) is 5.19 Å². The molecule has 1 aromatic carbocycles. The van der Waals surface area contributed by atoms with Crippen LogP contribution in [0.15, 0.2) is 30.3 Å². The van der Waals surface area contributed by atoms with Gasteiger partial charge < -0.3 is 4.43 Å². The summed E-state index contributed by atoms with van der Waals surface area (Å²) in [5.41, 5.74) is 0.615. The lowest BCUT2D eigenvalue weighted by molar-refractivity contribution is 0.267. The molecule has 1 atom stereocenters. The highest BCUT2D eigenvalue weighted by Gasteiger charge is 2.30. The SMILES string of the molecule is CC(C)CO[Si](C)(CCl)c1ccccc1. The molecule has 0 amide bonds. The van der Waals surface area contributed by atoms with E-state index in [9.17, 15) is 0 Å². The average Bonchev–Trinajstić information content (AvgIpc) is 2.27. The predicted molar refractivity (Wildman–Crippen MR) is 69.2 cm³/mol. The first-order chi connectivity index (χ1) is 7.08. The number of hydrogen-bond acceptors (Lipinski definition) is 1. The number of hydrogen-bond donors (Lipinski definition) is 0. The lowest BCUT2D eigenvalue weighted by Crippen LogP contribution is -2.50. The van der Waals surface area contributed by atoms with E-state index < -0.39 is 8.32 Å². The van der Waals surface area contributed by atoms with Crippen molar-refractivity contribution in [2.75, 3.05) is 12.1 Å². The standard InChI is InChI=1S/C12H19ClOSi/c1-11(2)9-14-15(3,10-13)12-7-5-4-6-8-12/h4-8,11H,9-10H2,1-3H3. The summed E-state index contributed by atoms with van der Waals surface area (Å²) in [5, 5.41) is 1.28. The van der Waals surface area contributed by atoms with E-state index >= 15 is 0 Å². The van der Waals surface area contributed by atoms with E-state index in [4.69, 9.17) is 16.0 Å². The molecule has 0 aromatic heterocycles. The van der Waals surface area contributed by atoms with Gasteiger partial charge in [-0.2, -0.15) is 0 Å². The van der Waals surface area contributed by atoms with Gasteiger partial charge in [0, 0.05) is 12.1 Å². The van der Waals surface area contributed by atoms with Crippen LogP contribution in [0.4, 0.5) is 0 Å². The molecule has 0 aliphatic heterocycles. The number of halogens is 1. The Morgan fingerprint density at radius 2 is 1.87 bits per heavy atom. The molecule has 0 aliphatic carbocycles.